The first-order valence-corrected chi connectivity index (χ1v) is 6.40. The van der Waals surface area contributed by atoms with E-state index in [4.69, 9.17) is 17.5 Å². The highest BCUT2D eigenvalue weighted by atomic mass is 32.1. The van der Waals surface area contributed by atoms with Gasteiger partial charge < -0.3 is 4.57 Å². The van der Waals surface area contributed by atoms with Crippen LogP contribution in [0.1, 0.15) is 32.2 Å². The van der Waals surface area contributed by atoms with Crippen molar-refractivity contribution in [2.45, 2.75) is 38.9 Å². The molecule has 1 saturated carbocycles. The lowest BCUT2D eigenvalue weighted by Crippen LogP contribution is -2.28. The Balaban J connectivity index is 2.06. The van der Waals surface area contributed by atoms with Gasteiger partial charge in [0.25, 0.3) is 0 Å². The quantitative estimate of drug-likeness (QED) is 0.572. The molecule has 2 rings (SSSR count). The summed E-state index contributed by atoms with van der Waals surface area (Å²) in [7, 11) is 0. The molecule has 0 aromatic carbocycles. The number of hydrogen-bond donors (Lipinski definition) is 0. The monoisotopic (exact) mass is 251 g/mol. The first-order valence-electron chi connectivity index (χ1n) is 5.99. The summed E-state index contributed by atoms with van der Waals surface area (Å²) in [6, 6.07) is 2.74. The predicted octanol–water partition coefficient (Wildman–Crippen LogP) is 1.94. The van der Waals surface area contributed by atoms with Gasteiger partial charge >= 0.3 is 0 Å². The average molecular weight is 251 g/mol. The zero-order valence-electron chi connectivity index (χ0n) is 10.0. The molecule has 17 heavy (non-hydrogen) atoms. The molecule has 0 spiro atoms. The van der Waals surface area contributed by atoms with Gasteiger partial charge in [-0.05, 0) is 31.5 Å². The Morgan fingerprint density at radius 1 is 1.65 bits per heavy atom. The van der Waals surface area contributed by atoms with E-state index in [2.05, 4.69) is 27.6 Å². The SMILES string of the molecule is CCCN(CC#N)Cn1ncn(C2CC2)c1=S. The highest BCUT2D eigenvalue weighted by Crippen LogP contribution is 2.34. The van der Waals surface area contributed by atoms with E-state index in [0.717, 1.165) is 17.7 Å². The standard InChI is InChI=1S/C11H17N5S/c1-2-6-14(7-5-12)9-16-11(17)15(8-13-16)10-3-4-10/h8,10H,2-4,6-7,9H2,1H3. The summed E-state index contributed by atoms with van der Waals surface area (Å²) in [6.45, 7) is 4.03. The fourth-order valence-electron chi connectivity index (χ4n) is 1.86. The smallest absolute Gasteiger partial charge is 0.199 e. The van der Waals surface area contributed by atoms with Crippen LogP contribution in [-0.4, -0.2) is 32.3 Å². The van der Waals surface area contributed by atoms with E-state index in [0.29, 0.717) is 19.3 Å². The molecule has 1 aliphatic rings. The highest BCUT2D eigenvalue weighted by molar-refractivity contribution is 7.71. The van der Waals surface area contributed by atoms with Crippen molar-refractivity contribution in [2.75, 3.05) is 13.1 Å². The van der Waals surface area contributed by atoms with Crippen molar-refractivity contribution in [3.8, 4) is 6.07 Å². The zero-order valence-corrected chi connectivity index (χ0v) is 10.9. The molecule has 5 nitrogen and oxygen atoms in total. The van der Waals surface area contributed by atoms with Crippen LogP contribution in [0.2, 0.25) is 0 Å². The summed E-state index contributed by atoms with van der Waals surface area (Å²) in [5, 5.41) is 13.1. The second-order valence-electron chi connectivity index (χ2n) is 4.40. The van der Waals surface area contributed by atoms with E-state index in [1.807, 2.05) is 6.33 Å². The van der Waals surface area contributed by atoms with Crippen LogP contribution in [0.25, 0.3) is 0 Å². The predicted molar refractivity (Wildman–Crippen MR) is 66.8 cm³/mol. The van der Waals surface area contributed by atoms with Crippen LogP contribution in [0.3, 0.4) is 0 Å². The molecule has 1 fully saturated rings. The van der Waals surface area contributed by atoms with E-state index in [9.17, 15) is 0 Å². The van der Waals surface area contributed by atoms with Crippen LogP contribution in [0.4, 0.5) is 0 Å². The lowest BCUT2D eigenvalue weighted by molar-refractivity contribution is 0.229. The molecule has 0 bridgehead atoms. The van der Waals surface area contributed by atoms with Crippen molar-refractivity contribution in [3.63, 3.8) is 0 Å². The van der Waals surface area contributed by atoms with Crippen molar-refractivity contribution in [1.29, 1.82) is 5.26 Å². The third-order valence-corrected chi connectivity index (χ3v) is 3.29. The fourth-order valence-corrected chi connectivity index (χ4v) is 2.16. The molecule has 1 heterocycles. The van der Waals surface area contributed by atoms with Crippen molar-refractivity contribution in [1.82, 2.24) is 19.2 Å². The molecule has 92 valence electrons. The van der Waals surface area contributed by atoms with E-state index in [1.54, 1.807) is 4.68 Å². The topological polar surface area (TPSA) is 49.8 Å². The molecule has 0 unspecified atom stereocenters. The summed E-state index contributed by atoms with van der Waals surface area (Å²) in [6.07, 6.45) is 5.25. The molecule has 6 heteroatoms. The number of aromatic nitrogens is 3. The average Bonchev–Trinajstić information content (AvgIpc) is 3.07. The van der Waals surface area contributed by atoms with Gasteiger partial charge in [-0.15, -0.1) is 0 Å². The molecular weight excluding hydrogens is 234 g/mol. The van der Waals surface area contributed by atoms with Gasteiger partial charge in [0.2, 0.25) is 0 Å². The van der Waals surface area contributed by atoms with Gasteiger partial charge in [-0.2, -0.15) is 10.4 Å². The Bertz CT molecular complexity index is 465. The van der Waals surface area contributed by atoms with Gasteiger partial charge in [-0.25, -0.2) is 4.68 Å². The minimum atomic E-state index is 0.423. The molecule has 0 aliphatic heterocycles. The van der Waals surface area contributed by atoms with Gasteiger partial charge in [-0.3, -0.25) is 4.90 Å². The van der Waals surface area contributed by atoms with E-state index in [1.165, 1.54) is 12.8 Å². The highest BCUT2D eigenvalue weighted by Gasteiger charge is 2.25. The Kier molecular flexibility index (Phi) is 3.92. The molecule has 1 aliphatic carbocycles. The van der Waals surface area contributed by atoms with Gasteiger partial charge in [0.1, 0.15) is 6.33 Å². The Morgan fingerprint density at radius 3 is 3.00 bits per heavy atom. The fraction of sp³-hybridized carbons (Fsp3) is 0.727. The van der Waals surface area contributed by atoms with Crippen LogP contribution in [0, 0.1) is 16.1 Å². The van der Waals surface area contributed by atoms with E-state index >= 15 is 0 Å². The van der Waals surface area contributed by atoms with Crippen molar-refractivity contribution in [2.24, 2.45) is 0 Å². The molecule has 0 amide bonds. The third kappa shape index (κ3) is 2.93. The third-order valence-electron chi connectivity index (χ3n) is 2.87. The summed E-state index contributed by atoms with van der Waals surface area (Å²) >= 11 is 5.38. The molecule has 0 N–H and O–H groups in total. The minimum absolute atomic E-state index is 0.423. The van der Waals surface area contributed by atoms with Crippen LogP contribution >= 0.6 is 12.2 Å². The summed E-state index contributed by atoms with van der Waals surface area (Å²) in [4.78, 5) is 2.06. The lowest BCUT2D eigenvalue weighted by atomic mass is 10.4. The van der Waals surface area contributed by atoms with Gasteiger partial charge in [0.05, 0.1) is 19.3 Å². The van der Waals surface area contributed by atoms with Gasteiger partial charge in [0, 0.05) is 12.6 Å². The summed E-state index contributed by atoms with van der Waals surface area (Å²) in [5.74, 6) is 0. The van der Waals surface area contributed by atoms with Crippen LogP contribution < -0.4 is 0 Å². The Labute approximate surface area is 106 Å². The van der Waals surface area contributed by atoms with Crippen molar-refractivity contribution in [3.05, 3.63) is 11.1 Å². The molecular formula is C11H17N5S. The first kappa shape index (κ1) is 12.3. The summed E-state index contributed by atoms with van der Waals surface area (Å²) < 4.78 is 4.64. The second-order valence-corrected chi connectivity index (χ2v) is 4.77. The van der Waals surface area contributed by atoms with Gasteiger partial charge in [-0.1, -0.05) is 6.92 Å². The second kappa shape index (κ2) is 5.43. The zero-order chi connectivity index (χ0) is 12.3. The first-order chi connectivity index (χ1) is 8.26. The Hall–Kier alpha value is -1.19. The minimum Gasteiger partial charge on any atom is -0.303 e. The maximum Gasteiger partial charge on any atom is 0.199 e. The van der Waals surface area contributed by atoms with Crippen LogP contribution in [-0.2, 0) is 6.67 Å². The number of hydrogen-bond acceptors (Lipinski definition) is 4. The number of nitriles is 1. The molecule has 0 saturated heterocycles. The maximum absolute atomic E-state index is 8.76. The normalized spacial score (nSPS) is 15.1. The Morgan fingerprint density at radius 2 is 2.41 bits per heavy atom. The molecule has 0 radical (unpaired) electrons. The van der Waals surface area contributed by atoms with Crippen LogP contribution in [0.15, 0.2) is 6.33 Å². The van der Waals surface area contributed by atoms with Crippen molar-refractivity contribution < 1.29 is 0 Å². The van der Waals surface area contributed by atoms with E-state index in [-0.39, 0.29) is 0 Å². The molecule has 1 aromatic heterocycles. The van der Waals surface area contributed by atoms with Gasteiger partial charge in [0.15, 0.2) is 4.77 Å². The molecule has 0 atom stereocenters. The molecule has 1 aromatic rings. The number of rotatable bonds is 6. The summed E-state index contributed by atoms with van der Waals surface area (Å²) in [5.41, 5.74) is 0. The van der Waals surface area contributed by atoms with Crippen LogP contribution in [0.5, 0.6) is 0 Å². The lowest BCUT2D eigenvalue weighted by Gasteiger charge is -2.17. The van der Waals surface area contributed by atoms with Crippen molar-refractivity contribution >= 4 is 12.2 Å². The number of nitrogens with zero attached hydrogens (tertiary/aromatic N) is 5. The maximum atomic E-state index is 8.76. The van der Waals surface area contributed by atoms with E-state index < -0.39 is 0 Å². The largest absolute Gasteiger partial charge is 0.303 e.